The Labute approximate surface area is 260 Å². The molecule has 1 aliphatic carbocycles. The normalized spacial score (nSPS) is 26.8. The monoisotopic (exact) mass is 619 g/mol. The van der Waals surface area contributed by atoms with Gasteiger partial charge in [0.05, 0.1) is 5.92 Å². The van der Waals surface area contributed by atoms with E-state index in [0.29, 0.717) is 51.2 Å². The Hall–Kier alpha value is -2.36. The van der Waals surface area contributed by atoms with Gasteiger partial charge >= 0.3 is 6.18 Å². The number of aromatic nitrogens is 1. The van der Waals surface area contributed by atoms with Crippen molar-refractivity contribution >= 4 is 17.5 Å². The number of nitrogens with one attached hydrogen (secondary N) is 3. The van der Waals surface area contributed by atoms with E-state index in [0.717, 1.165) is 81.9 Å². The Balaban J connectivity index is 1.07. The van der Waals surface area contributed by atoms with Gasteiger partial charge in [0.2, 0.25) is 11.8 Å². The first kappa shape index (κ1) is 33.0. The number of carbonyl (C=O) groups excluding carboxylic acids is 2. The van der Waals surface area contributed by atoms with Crippen molar-refractivity contribution in [3.63, 3.8) is 0 Å². The van der Waals surface area contributed by atoms with Gasteiger partial charge in [0.1, 0.15) is 12.1 Å². The summed E-state index contributed by atoms with van der Waals surface area (Å²) in [5, 5.41) is 9.42. The van der Waals surface area contributed by atoms with Crippen molar-refractivity contribution in [3.05, 3.63) is 24.0 Å². The Bertz CT molecular complexity index is 1050. The van der Waals surface area contributed by atoms with E-state index in [2.05, 4.69) is 20.9 Å². The molecule has 0 radical (unpaired) electrons. The summed E-state index contributed by atoms with van der Waals surface area (Å²) in [5.41, 5.74) is 1.30. The van der Waals surface area contributed by atoms with E-state index >= 15 is 0 Å². The third-order valence-corrected chi connectivity index (χ3v) is 10.8. The SMILES string of the molecule is O=C(NCCCCC1CCN(C(=O)C2CCC(C(F)(F)F)NC23CCCCCCCCCC3)CC1)C1Cc2cnccc2N1. The Morgan fingerprint density at radius 3 is 2.30 bits per heavy atom. The molecule has 3 atom stereocenters. The van der Waals surface area contributed by atoms with E-state index in [1.165, 1.54) is 12.8 Å². The molecule has 0 aromatic carbocycles. The van der Waals surface area contributed by atoms with Gasteiger partial charge in [-0.15, -0.1) is 0 Å². The number of hydrogen-bond acceptors (Lipinski definition) is 5. The highest BCUT2D eigenvalue weighted by atomic mass is 19.4. The van der Waals surface area contributed by atoms with E-state index < -0.39 is 17.8 Å². The van der Waals surface area contributed by atoms with Crippen molar-refractivity contribution < 1.29 is 22.8 Å². The summed E-state index contributed by atoms with van der Waals surface area (Å²) in [7, 11) is 0. The number of amides is 2. The number of anilines is 1. The minimum Gasteiger partial charge on any atom is -0.373 e. The molecule has 3 N–H and O–H groups in total. The van der Waals surface area contributed by atoms with Crippen LogP contribution < -0.4 is 16.0 Å². The van der Waals surface area contributed by atoms with Crippen LogP contribution in [0.5, 0.6) is 0 Å². The summed E-state index contributed by atoms with van der Waals surface area (Å²) in [6.45, 7) is 2.04. The van der Waals surface area contributed by atoms with E-state index in [9.17, 15) is 22.8 Å². The number of hydrogen-bond donors (Lipinski definition) is 3. The first-order valence-corrected chi connectivity index (χ1v) is 17.4. The minimum absolute atomic E-state index is 0.0182. The van der Waals surface area contributed by atoms with Crippen LogP contribution in [0.4, 0.5) is 18.9 Å². The van der Waals surface area contributed by atoms with Crippen molar-refractivity contribution in [2.24, 2.45) is 11.8 Å². The van der Waals surface area contributed by atoms with Crippen molar-refractivity contribution in [1.82, 2.24) is 20.5 Å². The van der Waals surface area contributed by atoms with Gasteiger partial charge in [0.15, 0.2) is 0 Å². The van der Waals surface area contributed by atoms with Gasteiger partial charge in [0.25, 0.3) is 0 Å². The lowest BCUT2D eigenvalue weighted by Gasteiger charge is -2.50. The summed E-state index contributed by atoms with van der Waals surface area (Å²) >= 11 is 0. The second-order valence-corrected chi connectivity index (χ2v) is 13.8. The molecule has 5 rings (SSSR count). The third-order valence-electron chi connectivity index (χ3n) is 10.8. The second kappa shape index (κ2) is 15.3. The van der Waals surface area contributed by atoms with Crippen LogP contribution in [-0.4, -0.2) is 65.1 Å². The molecule has 4 heterocycles. The summed E-state index contributed by atoms with van der Waals surface area (Å²) < 4.78 is 41.8. The molecule has 246 valence electrons. The fraction of sp³-hybridized carbons (Fsp3) is 0.794. The quantitative estimate of drug-likeness (QED) is 0.303. The number of pyridine rings is 1. The molecule has 1 saturated carbocycles. The predicted octanol–water partition coefficient (Wildman–Crippen LogP) is 6.53. The number of alkyl halides is 3. The maximum absolute atomic E-state index is 14.0. The van der Waals surface area contributed by atoms with Gasteiger partial charge in [0, 0.05) is 49.7 Å². The average molecular weight is 620 g/mol. The summed E-state index contributed by atoms with van der Waals surface area (Å²) in [4.78, 5) is 32.7. The molecule has 1 aromatic rings. The molecule has 0 bridgehead atoms. The molecular weight excluding hydrogens is 567 g/mol. The van der Waals surface area contributed by atoms with Crippen molar-refractivity contribution in [3.8, 4) is 0 Å². The van der Waals surface area contributed by atoms with E-state index in [4.69, 9.17) is 0 Å². The van der Waals surface area contributed by atoms with Crippen LogP contribution in [0.2, 0.25) is 0 Å². The number of piperidine rings is 2. The number of fused-ring (bicyclic) bond motifs is 1. The number of nitrogens with zero attached hydrogens (tertiary/aromatic N) is 2. The molecular formula is C34H52F3N5O2. The standard InChI is InChI=1S/C34H52F3N5O2/c35-34(36,37)30-13-12-27(33(41-30)17-8-5-3-1-2-4-6-9-18-33)32(44)42-21-15-25(16-22-42)11-7-10-19-39-31(43)29-23-26-24-38-20-14-28(26)40-29/h14,20,24-25,27,29-30,40-41H,1-13,15-19,21-23H2,(H,39,43). The number of unbranched alkanes of at least 4 members (excludes halogenated alkanes) is 1. The Kier molecular flexibility index (Phi) is 11.5. The fourth-order valence-corrected chi connectivity index (χ4v) is 8.20. The minimum atomic E-state index is -4.29. The first-order chi connectivity index (χ1) is 21.2. The number of carbonyl (C=O) groups is 2. The molecule has 3 unspecified atom stereocenters. The van der Waals surface area contributed by atoms with Gasteiger partial charge in [-0.3, -0.25) is 19.9 Å². The van der Waals surface area contributed by atoms with E-state index in [1.54, 1.807) is 6.20 Å². The maximum atomic E-state index is 14.0. The molecule has 10 heteroatoms. The number of halogens is 3. The van der Waals surface area contributed by atoms with Crippen LogP contribution >= 0.6 is 0 Å². The van der Waals surface area contributed by atoms with E-state index in [1.807, 2.05) is 17.2 Å². The van der Waals surface area contributed by atoms with Gasteiger partial charge in [-0.25, -0.2) is 0 Å². The van der Waals surface area contributed by atoms with E-state index in [-0.39, 0.29) is 30.2 Å². The summed E-state index contributed by atoms with van der Waals surface area (Å²) in [6, 6.07) is 0.140. The van der Waals surface area contributed by atoms with Crippen LogP contribution in [0.3, 0.4) is 0 Å². The molecule has 44 heavy (non-hydrogen) atoms. The smallest absolute Gasteiger partial charge is 0.373 e. The van der Waals surface area contributed by atoms with Crippen LogP contribution in [-0.2, 0) is 16.0 Å². The second-order valence-electron chi connectivity index (χ2n) is 13.8. The molecule has 4 aliphatic rings. The highest BCUT2D eigenvalue weighted by molar-refractivity contribution is 5.87. The zero-order chi connectivity index (χ0) is 31.0. The largest absolute Gasteiger partial charge is 0.403 e. The molecule has 1 spiro atoms. The topological polar surface area (TPSA) is 86.4 Å². The highest BCUT2D eigenvalue weighted by Crippen LogP contribution is 2.43. The lowest BCUT2D eigenvalue weighted by atomic mass is 9.69. The number of rotatable bonds is 7. The molecule has 3 fully saturated rings. The van der Waals surface area contributed by atoms with Crippen LogP contribution in [0.1, 0.15) is 115 Å². The van der Waals surface area contributed by atoms with Crippen molar-refractivity contribution in [2.45, 2.75) is 139 Å². The van der Waals surface area contributed by atoms with Crippen molar-refractivity contribution in [1.29, 1.82) is 0 Å². The molecule has 2 amide bonds. The zero-order valence-electron chi connectivity index (χ0n) is 26.2. The first-order valence-electron chi connectivity index (χ1n) is 17.4. The van der Waals surface area contributed by atoms with Gasteiger partial charge in [-0.2, -0.15) is 13.2 Å². The highest BCUT2D eigenvalue weighted by Gasteiger charge is 2.53. The predicted molar refractivity (Wildman–Crippen MR) is 166 cm³/mol. The molecule has 1 aromatic heterocycles. The van der Waals surface area contributed by atoms with Gasteiger partial charge < -0.3 is 15.5 Å². The number of likely N-dealkylation sites (tertiary alicyclic amines) is 1. The lowest BCUT2D eigenvalue weighted by molar-refractivity contribution is -0.177. The maximum Gasteiger partial charge on any atom is 0.403 e. The summed E-state index contributed by atoms with van der Waals surface area (Å²) in [5.74, 6) is 0.266. The Morgan fingerprint density at radius 2 is 1.64 bits per heavy atom. The Morgan fingerprint density at radius 1 is 0.955 bits per heavy atom. The lowest BCUT2D eigenvalue weighted by Crippen LogP contribution is -2.65. The van der Waals surface area contributed by atoms with Crippen LogP contribution in [0, 0.1) is 11.8 Å². The summed E-state index contributed by atoms with van der Waals surface area (Å²) in [6.07, 6.45) is 14.9. The molecule has 3 aliphatic heterocycles. The van der Waals surface area contributed by atoms with Crippen LogP contribution in [0.25, 0.3) is 0 Å². The third kappa shape index (κ3) is 8.46. The van der Waals surface area contributed by atoms with Gasteiger partial charge in [-0.05, 0) is 62.5 Å². The molecule has 7 nitrogen and oxygen atoms in total. The van der Waals surface area contributed by atoms with Gasteiger partial charge in [-0.1, -0.05) is 64.2 Å². The van der Waals surface area contributed by atoms with Crippen LogP contribution in [0.15, 0.2) is 18.5 Å². The average Bonchev–Trinajstić information content (AvgIpc) is 3.44. The molecule has 2 saturated heterocycles. The fourth-order valence-electron chi connectivity index (χ4n) is 8.20. The van der Waals surface area contributed by atoms with Crippen molar-refractivity contribution in [2.75, 3.05) is 25.0 Å². The zero-order valence-corrected chi connectivity index (χ0v) is 26.2.